The van der Waals surface area contributed by atoms with E-state index < -0.39 is 0 Å². The number of carbonyl (C=O) groups is 1. The van der Waals surface area contributed by atoms with E-state index in [2.05, 4.69) is 15.2 Å². The van der Waals surface area contributed by atoms with Gasteiger partial charge in [-0.1, -0.05) is 6.92 Å². The molecule has 0 saturated heterocycles. The predicted octanol–water partition coefficient (Wildman–Crippen LogP) is 0.809. The highest BCUT2D eigenvalue weighted by Crippen LogP contribution is 2.37. The Balaban J connectivity index is 1.89. The molecular weight excluding hydrogens is 192 g/mol. The molecule has 0 aliphatic heterocycles. The fourth-order valence-electron chi connectivity index (χ4n) is 1.76. The summed E-state index contributed by atoms with van der Waals surface area (Å²) in [6.45, 7) is 2.52. The minimum Gasteiger partial charge on any atom is -0.338 e. The zero-order valence-electron chi connectivity index (χ0n) is 9.10. The molecule has 1 aliphatic carbocycles. The van der Waals surface area contributed by atoms with Gasteiger partial charge < -0.3 is 4.90 Å². The lowest BCUT2D eigenvalue weighted by Gasteiger charge is -2.19. The number of rotatable bonds is 4. The third-order valence-corrected chi connectivity index (χ3v) is 2.95. The van der Waals surface area contributed by atoms with Crippen molar-refractivity contribution in [3.8, 4) is 0 Å². The van der Waals surface area contributed by atoms with E-state index in [1.807, 2.05) is 14.0 Å². The summed E-state index contributed by atoms with van der Waals surface area (Å²) >= 11 is 0. The van der Waals surface area contributed by atoms with Gasteiger partial charge in [0.25, 0.3) is 0 Å². The molecule has 1 N–H and O–H groups in total. The van der Waals surface area contributed by atoms with E-state index in [0.29, 0.717) is 12.5 Å². The van der Waals surface area contributed by atoms with Crippen molar-refractivity contribution in [3.05, 3.63) is 12.2 Å². The Morgan fingerprint density at radius 2 is 2.47 bits per heavy atom. The van der Waals surface area contributed by atoms with Gasteiger partial charge in [0.2, 0.25) is 5.91 Å². The first kappa shape index (κ1) is 10.1. The minimum atomic E-state index is 0.151. The Hall–Kier alpha value is -1.39. The van der Waals surface area contributed by atoms with E-state index >= 15 is 0 Å². The summed E-state index contributed by atoms with van der Waals surface area (Å²) in [5.74, 6) is 1.69. The SMILES string of the molecule is CC(C(=O)N(C)Cc1ncn[nH]1)C1CC1. The minimum absolute atomic E-state index is 0.151. The topological polar surface area (TPSA) is 61.9 Å². The maximum Gasteiger partial charge on any atom is 0.225 e. The molecule has 0 radical (unpaired) electrons. The van der Waals surface area contributed by atoms with E-state index in [4.69, 9.17) is 0 Å². The first-order chi connectivity index (χ1) is 7.18. The molecule has 1 aliphatic rings. The number of aromatic nitrogens is 3. The summed E-state index contributed by atoms with van der Waals surface area (Å²) in [6, 6.07) is 0. The maximum absolute atomic E-state index is 11.9. The number of amides is 1. The molecule has 5 nitrogen and oxygen atoms in total. The summed E-state index contributed by atoms with van der Waals surface area (Å²) in [7, 11) is 1.81. The van der Waals surface area contributed by atoms with Crippen LogP contribution in [-0.2, 0) is 11.3 Å². The number of H-pyrrole nitrogens is 1. The Kier molecular flexibility index (Phi) is 2.70. The second-order valence-electron chi connectivity index (χ2n) is 4.25. The van der Waals surface area contributed by atoms with Crippen molar-refractivity contribution in [2.45, 2.75) is 26.3 Å². The van der Waals surface area contributed by atoms with Gasteiger partial charge in [-0.25, -0.2) is 4.98 Å². The normalized spacial score (nSPS) is 17.5. The van der Waals surface area contributed by atoms with Gasteiger partial charge >= 0.3 is 0 Å². The van der Waals surface area contributed by atoms with Gasteiger partial charge in [-0.05, 0) is 18.8 Å². The average molecular weight is 208 g/mol. The fourth-order valence-corrected chi connectivity index (χ4v) is 1.76. The van der Waals surface area contributed by atoms with E-state index in [-0.39, 0.29) is 11.8 Å². The monoisotopic (exact) mass is 208 g/mol. The van der Waals surface area contributed by atoms with E-state index in [0.717, 1.165) is 5.82 Å². The van der Waals surface area contributed by atoms with Crippen LogP contribution in [0.2, 0.25) is 0 Å². The maximum atomic E-state index is 11.9. The van der Waals surface area contributed by atoms with Gasteiger partial charge in [-0.15, -0.1) is 0 Å². The predicted molar refractivity (Wildman–Crippen MR) is 54.7 cm³/mol. The van der Waals surface area contributed by atoms with Crippen LogP contribution in [0.1, 0.15) is 25.6 Å². The third kappa shape index (κ3) is 2.34. The van der Waals surface area contributed by atoms with Crippen molar-refractivity contribution in [2.24, 2.45) is 11.8 Å². The van der Waals surface area contributed by atoms with Crippen molar-refractivity contribution in [1.29, 1.82) is 0 Å². The van der Waals surface area contributed by atoms with E-state index in [9.17, 15) is 4.79 Å². The molecule has 1 aromatic heterocycles. The molecule has 1 fully saturated rings. The average Bonchev–Trinajstić information content (AvgIpc) is 2.96. The van der Waals surface area contributed by atoms with Crippen molar-refractivity contribution in [3.63, 3.8) is 0 Å². The molecule has 0 bridgehead atoms. The van der Waals surface area contributed by atoms with Crippen LogP contribution in [0.5, 0.6) is 0 Å². The standard InChI is InChI=1S/C10H16N4O/c1-7(8-3-4-8)10(15)14(2)5-9-11-6-12-13-9/h6-8H,3-5H2,1-2H3,(H,11,12,13). The van der Waals surface area contributed by atoms with Crippen LogP contribution in [0.15, 0.2) is 6.33 Å². The highest BCUT2D eigenvalue weighted by Gasteiger charge is 2.34. The van der Waals surface area contributed by atoms with Crippen LogP contribution >= 0.6 is 0 Å². The molecule has 1 aromatic rings. The van der Waals surface area contributed by atoms with Crippen molar-refractivity contribution >= 4 is 5.91 Å². The lowest BCUT2D eigenvalue weighted by Crippen LogP contribution is -2.32. The van der Waals surface area contributed by atoms with Gasteiger partial charge in [-0.3, -0.25) is 9.89 Å². The van der Waals surface area contributed by atoms with Gasteiger partial charge in [0.1, 0.15) is 12.2 Å². The second kappa shape index (κ2) is 4.00. The van der Waals surface area contributed by atoms with Crippen LogP contribution in [0.4, 0.5) is 0 Å². The highest BCUT2D eigenvalue weighted by atomic mass is 16.2. The molecule has 82 valence electrons. The molecule has 2 rings (SSSR count). The summed E-state index contributed by atoms with van der Waals surface area (Å²) in [4.78, 5) is 17.6. The van der Waals surface area contributed by atoms with Gasteiger partial charge in [0.15, 0.2) is 0 Å². The molecule has 0 spiro atoms. The van der Waals surface area contributed by atoms with E-state index in [1.54, 1.807) is 4.90 Å². The van der Waals surface area contributed by atoms with Crippen LogP contribution in [0, 0.1) is 11.8 Å². The Bertz CT molecular complexity index is 331. The van der Waals surface area contributed by atoms with Crippen LogP contribution in [-0.4, -0.2) is 33.0 Å². The lowest BCUT2D eigenvalue weighted by molar-refractivity contribution is -0.134. The number of hydrogen-bond donors (Lipinski definition) is 1. The first-order valence-electron chi connectivity index (χ1n) is 5.27. The van der Waals surface area contributed by atoms with Gasteiger partial charge in [0, 0.05) is 13.0 Å². The molecular formula is C10H16N4O. The Labute approximate surface area is 88.9 Å². The van der Waals surface area contributed by atoms with Gasteiger partial charge in [0.05, 0.1) is 6.54 Å². The number of carbonyl (C=O) groups excluding carboxylic acids is 1. The Morgan fingerprint density at radius 3 is 3.00 bits per heavy atom. The highest BCUT2D eigenvalue weighted by molar-refractivity contribution is 5.78. The molecule has 1 saturated carbocycles. The van der Waals surface area contributed by atoms with Crippen LogP contribution < -0.4 is 0 Å². The lowest BCUT2D eigenvalue weighted by atomic mass is 10.1. The molecule has 15 heavy (non-hydrogen) atoms. The van der Waals surface area contributed by atoms with Gasteiger partial charge in [-0.2, -0.15) is 5.10 Å². The fraction of sp³-hybridized carbons (Fsp3) is 0.700. The smallest absolute Gasteiger partial charge is 0.225 e. The number of nitrogens with one attached hydrogen (secondary N) is 1. The van der Waals surface area contributed by atoms with Crippen LogP contribution in [0.3, 0.4) is 0 Å². The summed E-state index contributed by atoms with van der Waals surface area (Å²) in [6.07, 6.45) is 3.85. The number of hydrogen-bond acceptors (Lipinski definition) is 3. The Morgan fingerprint density at radius 1 is 1.73 bits per heavy atom. The van der Waals surface area contributed by atoms with Crippen LogP contribution in [0.25, 0.3) is 0 Å². The number of nitrogens with zero attached hydrogens (tertiary/aromatic N) is 3. The van der Waals surface area contributed by atoms with Crippen molar-refractivity contribution in [1.82, 2.24) is 20.1 Å². The summed E-state index contributed by atoms with van der Waals surface area (Å²) in [5.41, 5.74) is 0. The summed E-state index contributed by atoms with van der Waals surface area (Å²) in [5, 5.41) is 6.50. The molecule has 1 unspecified atom stereocenters. The molecule has 5 heteroatoms. The second-order valence-corrected chi connectivity index (χ2v) is 4.25. The number of aromatic amines is 1. The summed E-state index contributed by atoms with van der Waals surface area (Å²) < 4.78 is 0. The largest absolute Gasteiger partial charge is 0.338 e. The zero-order valence-corrected chi connectivity index (χ0v) is 9.10. The van der Waals surface area contributed by atoms with E-state index in [1.165, 1.54) is 19.2 Å². The molecule has 1 heterocycles. The van der Waals surface area contributed by atoms with Crippen molar-refractivity contribution in [2.75, 3.05) is 7.05 Å². The third-order valence-electron chi connectivity index (χ3n) is 2.95. The molecule has 0 aromatic carbocycles. The zero-order chi connectivity index (χ0) is 10.8. The molecule has 1 amide bonds. The first-order valence-corrected chi connectivity index (χ1v) is 5.27. The van der Waals surface area contributed by atoms with Crippen molar-refractivity contribution < 1.29 is 4.79 Å². The molecule has 1 atom stereocenters. The quantitative estimate of drug-likeness (QED) is 0.796.